The molecule has 2 aromatic rings. The summed E-state index contributed by atoms with van der Waals surface area (Å²) in [5, 5.41) is 2.37. The van der Waals surface area contributed by atoms with Crippen LogP contribution in [0, 0.1) is 0 Å². The first-order chi connectivity index (χ1) is 8.79. The van der Waals surface area contributed by atoms with Gasteiger partial charge in [0, 0.05) is 17.0 Å². The number of methoxy groups -OCH3 is 1. The van der Waals surface area contributed by atoms with Crippen LogP contribution >= 0.6 is 15.9 Å². The maximum atomic E-state index is 5.50. The van der Waals surface area contributed by atoms with Gasteiger partial charge >= 0.3 is 0 Å². The lowest BCUT2D eigenvalue weighted by Crippen LogP contribution is -1.99. The fraction of sp³-hybridized carbons (Fsp3) is 0.286. The van der Waals surface area contributed by atoms with E-state index in [1.807, 2.05) is 12.1 Å². The molecule has 1 aliphatic heterocycles. The predicted molar refractivity (Wildman–Crippen MR) is 72.6 cm³/mol. The number of hydrogen-bond acceptors (Lipinski definition) is 3. The Bertz CT molecular complexity index is 595. The number of hydrogen-bond donors (Lipinski definition) is 0. The van der Waals surface area contributed by atoms with Crippen molar-refractivity contribution in [3.8, 4) is 5.75 Å². The predicted octanol–water partition coefficient (Wildman–Crippen LogP) is 3.62. The Hall–Kier alpha value is -1.10. The Morgan fingerprint density at radius 1 is 1.28 bits per heavy atom. The van der Waals surface area contributed by atoms with Crippen LogP contribution in [0.5, 0.6) is 5.75 Å². The molecule has 2 aromatic carbocycles. The number of fused-ring (bicyclic) bond motifs is 3. The molecular formula is C14H13BrO3. The summed E-state index contributed by atoms with van der Waals surface area (Å²) in [5.41, 5.74) is 2.55. The molecule has 0 N–H and O–H groups in total. The molecule has 4 heteroatoms. The van der Waals surface area contributed by atoms with Crippen molar-refractivity contribution < 1.29 is 14.2 Å². The summed E-state index contributed by atoms with van der Waals surface area (Å²) in [4.78, 5) is 0. The molecule has 0 radical (unpaired) electrons. The number of halogens is 1. The highest BCUT2D eigenvalue weighted by Gasteiger charge is 2.16. The first kappa shape index (κ1) is 12.0. The lowest BCUT2D eigenvalue weighted by molar-refractivity contribution is 0.0512. The summed E-state index contributed by atoms with van der Waals surface area (Å²) in [6, 6.07) is 8.22. The van der Waals surface area contributed by atoms with Gasteiger partial charge in [-0.2, -0.15) is 0 Å². The topological polar surface area (TPSA) is 27.7 Å². The minimum atomic E-state index is 0.256. The van der Waals surface area contributed by atoms with Crippen LogP contribution < -0.4 is 4.74 Å². The molecule has 0 aromatic heterocycles. The Kier molecular flexibility index (Phi) is 3.24. The van der Waals surface area contributed by atoms with E-state index in [9.17, 15) is 0 Å². The molecule has 1 heterocycles. The molecule has 0 spiro atoms. The first-order valence-electron chi connectivity index (χ1n) is 5.73. The SMILES string of the molecule is COCOc1cc(Br)c2c3c(ccc2c1)COC3. The van der Waals surface area contributed by atoms with Crippen molar-refractivity contribution in [1.82, 2.24) is 0 Å². The molecule has 0 saturated carbocycles. The second kappa shape index (κ2) is 4.88. The second-order valence-electron chi connectivity index (χ2n) is 4.25. The number of rotatable bonds is 3. The molecule has 3 rings (SSSR count). The molecule has 0 fully saturated rings. The maximum Gasteiger partial charge on any atom is 0.188 e. The van der Waals surface area contributed by atoms with E-state index in [2.05, 4.69) is 28.1 Å². The van der Waals surface area contributed by atoms with Crippen molar-refractivity contribution in [3.05, 3.63) is 39.9 Å². The Labute approximate surface area is 114 Å². The second-order valence-corrected chi connectivity index (χ2v) is 5.10. The highest BCUT2D eigenvalue weighted by atomic mass is 79.9. The van der Waals surface area contributed by atoms with Crippen LogP contribution in [-0.4, -0.2) is 13.9 Å². The lowest BCUT2D eigenvalue weighted by atomic mass is 10.0. The Balaban J connectivity index is 2.12. The van der Waals surface area contributed by atoms with Gasteiger partial charge < -0.3 is 14.2 Å². The minimum absolute atomic E-state index is 0.256. The fourth-order valence-corrected chi connectivity index (χ4v) is 2.97. The Morgan fingerprint density at radius 2 is 2.17 bits per heavy atom. The summed E-state index contributed by atoms with van der Waals surface area (Å²) in [6.07, 6.45) is 0. The van der Waals surface area contributed by atoms with Crippen molar-refractivity contribution in [1.29, 1.82) is 0 Å². The van der Waals surface area contributed by atoms with Crippen LogP contribution in [0.15, 0.2) is 28.7 Å². The zero-order chi connectivity index (χ0) is 12.5. The van der Waals surface area contributed by atoms with Gasteiger partial charge in [0.05, 0.1) is 13.2 Å². The van der Waals surface area contributed by atoms with Gasteiger partial charge in [-0.15, -0.1) is 0 Å². The van der Waals surface area contributed by atoms with Gasteiger partial charge in [-0.1, -0.05) is 28.1 Å². The van der Waals surface area contributed by atoms with Gasteiger partial charge in [-0.3, -0.25) is 0 Å². The third-order valence-electron chi connectivity index (χ3n) is 3.10. The molecule has 0 amide bonds. The molecule has 1 aliphatic rings. The number of benzene rings is 2. The van der Waals surface area contributed by atoms with E-state index < -0.39 is 0 Å². The van der Waals surface area contributed by atoms with Gasteiger partial charge in [-0.25, -0.2) is 0 Å². The van der Waals surface area contributed by atoms with E-state index in [-0.39, 0.29) is 6.79 Å². The van der Waals surface area contributed by atoms with E-state index in [0.717, 1.165) is 15.6 Å². The van der Waals surface area contributed by atoms with Crippen LogP contribution in [0.4, 0.5) is 0 Å². The molecule has 0 aliphatic carbocycles. The Morgan fingerprint density at radius 3 is 3.00 bits per heavy atom. The molecule has 0 unspecified atom stereocenters. The van der Waals surface area contributed by atoms with E-state index in [0.29, 0.717) is 13.2 Å². The van der Waals surface area contributed by atoms with Crippen molar-refractivity contribution >= 4 is 26.7 Å². The maximum absolute atomic E-state index is 5.50. The van der Waals surface area contributed by atoms with Crippen LogP contribution in [0.3, 0.4) is 0 Å². The lowest BCUT2D eigenvalue weighted by Gasteiger charge is -2.10. The molecule has 0 bridgehead atoms. The summed E-state index contributed by atoms with van der Waals surface area (Å²) < 4.78 is 16.9. The van der Waals surface area contributed by atoms with Crippen LogP contribution in [0.1, 0.15) is 11.1 Å². The van der Waals surface area contributed by atoms with Crippen molar-refractivity contribution in [2.24, 2.45) is 0 Å². The zero-order valence-electron chi connectivity index (χ0n) is 10.0. The highest BCUT2D eigenvalue weighted by Crippen LogP contribution is 2.36. The summed E-state index contributed by atoms with van der Waals surface area (Å²) in [7, 11) is 1.61. The zero-order valence-corrected chi connectivity index (χ0v) is 11.6. The average molecular weight is 309 g/mol. The molecule has 0 atom stereocenters. The monoisotopic (exact) mass is 308 g/mol. The van der Waals surface area contributed by atoms with E-state index in [1.54, 1.807) is 7.11 Å². The van der Waals surface area contributed by atoms with E-state index in [1.165, 1.54) is 16.5 Å². The van der Waals surface area contributed by atoms with Crippen LogP contribution in [0.25, 0.3) is 10.8 Å². The number of ether oxygens (including phenoxy) is 3. The summed E-state index contributed by atoms with van der Waals surface area (Å²) in [6.45, 7) is 1.65. The van der Waals surface area contributed by atoms with E-state index in [4.69, 9.17) is 14.2 Å². The van der Waals surface area contributed by atoms with Crippen LogP contribution in [0.2, 0.25) is 0 Å². The molecule has 18 heavy (non-hydrogen) atoms. The molecule has 94 valence electrons. The van der Waals surface area contributed by atoms with Crippen molar-refractivity contribution in [2.75, 3.05) is 13.9 Å². The van der Waals surface area contributed by atoms with Gasteiger partial charge in [0.1, 0.15) is 5.75 Å². The third kappa shape index (κ3) is 2.00. The smallest absolute Gasteiger partial charge is 0.188 e. The highest BCUT2D eigenvalue weighted by molar-refractivity contribution is 9.10. The van der Waals surface area contributed by atoms with Gasteiger partial charge in [0.2, 0.25) is 0 Å². The fourth-order valence-electron chi connectivity index (χ4n) is 2.28. The largest absolute Gasteiger partial charge is 0.468 e. The van der Waals surface area contributed by atoms with Gasteiger partial charge in [0.15, 0.2) is 6.79 Å². The average Bonchev–Trinajstić information content (AvgIpc) is 2.84. The normalized spacial score (nSPS) is 13.9. The van der Waals surface area contributed by atoms with Crippen LogP contribution in [-0.2, 0) is 22.7 Å². The summed E-state index contributed by atoms with van der Waals surface area (Å²) in [5.74, 6) is 0.801. The van der Waals surface area contributed by atoms with E-state index >= 15 is 0 Å². The third-order valence-corrected chi connectivity index (χ3v) is 3.72. The quantitative estimate of drug-likeness (QED) is 0.811. The van der Waals surface area contributed by atoms with Crippen molar-refractivity contribution in [3.63, 3.8) is 0 Å². The minimum Gasteiger partial charge on any atom is -0.468 e. The van der Waals surface area contributed by atoms with Crippen molar-refractivity contribution in [2.45, 2.75) is 13.2 Å². The standard InChI is InChI=1S/C14H13BrO3/c1-16-8-18-11-4-9-2-3-10-6-17-7-12(10)14(9)13(15)5-11/h2-5H,6-8H2,1H3. The molecular weight excluding hydrogens is 296 g/mol. The summed E-state index contributed by atoms with van der Waals surface area (Å²) >= 11 is 3.62. The van der Waals surface area contributed by atoms with Gasteiger partial charge in [0.25, 0.3) is 0 Å². The molecule has 3 nitrogen and oxygen atoms in total. The van der Waals surface area contributed by atoms with Gasteiger partial charge in [-0.05, 0) is 28.6 Å². The first-order valence-corrected chi connectivity index (χ1v) is 6.52. The molecule has 0 saturated heterocycles.